The van der Waals surface area contributed by atoms with Gasteiger partial charge in [0.15, 0.2) is 0 Å². The summed E-state index contributed by atoms with van der Waals surface area (Å²) in [6, 6.07) is 19.5. The Hall–Kier alpha value is -4.33. The largest absolute Gasteiger partial charge is 0.322 e. The Labute approximate surface area is 172 Å². The van der Waals surface area contributed by atoms with Crippen LogP contribution in [0.5, 0.6) is 0 Å². The van der Waals surface area contributed by atoms with Crippen LogP contribution in [0.25, 0.3) is 0 Å². The molecule has 0 aromatic heterocycles. The van der Waals surface area contributed by atoms with Crippen molar-refractivity contribution < 1.29 is 14.5 Å². The lowest BCUT2D eigenvalue weighted by Crippen LogP contribution is -2.18. The Morgan fingerprint density at radius 1 is 0.967 bits per heavy atom. The maximum atomic E-state index is 12.3. The molecule has 2 amide bonds. The normalized spacial score (nSPS) is 10.6. The molecule has 2 N–H and O–H groups in total. The van der Waals surface area contributed by atoms with Gasteiger partial charge in [-0.25, -0.2) is 5.43 Å². The minimum Gasteiger partial charge on any atom is -0.322 e. The van der Waals surface area contributed by atoms with Gasteiger partial charge in [0.05, 0.1) is 11.1 Å². The van der Waals surface area contributed by atoms with E-state index < -0.39 is 10.8 Å². The lowest BCUT2D eigenvalue weighted by atomic mass is 10.1. The fourth-order valence-corrected chi connectivity index (χ4v) is 2.68. The number of carbonyl (C=O) groups is 2. The summed E-state index contributed by atoms with van der Waals surface area (Å²) in [4.78, 5) is 34.8. The van der Waals surface area contributed by atoms with Gasteiger partial charge in [-0.1, -0.05) is 30.3 Å². The molecule has 0 fully saturated rings. The smallest absolute Gasteiger partial charge is 0.271 e. The highest BCUT2D eigenvalue weighted by Gasteiger charge is 2.10. The van der Waals surface area contributed by atoms with Gasteiger partial charge in [0.25, 0.3) is 17.5 Å². The van der Waals surface area contributed by atoms with Crippen molar-refractivity contribution in [2.45, 2.75) is 6.92 Å². The Morgan fingerprint density at radius 2 is 1.70 bits per heavy atom. The van der Waals surface area contributed by atoms with Crippen LogP contribution in [-0.4, -0.2) is 23.0 Å². The number of non-ortho nitro benzene ring substituents is 1. The average Bonchev–Trinajstić information content (AvgIpc) is 2.74. The fraction of sp³-hybridized carbons (Fsp3) is 0.0455. The maximum absolute atomic E-state index is 12.3. The van der Waals surface area contributed by atoms with E-state index in [0.29, 0.717) is 22.4 Å². The Bertz CT molecular complexity index is 1120. The highest BCUT2D eigenvalue weighted by atomic mass is 16.6. The van der Waals surface area contributed by atoms with Crippen molar-refractivity contribution in [3.05, 3.63) is 105 Å². The number of nitro groups is 1. The van der Waals surface area contributed by atoms with Crippen molar-refractivity contribution in [1.82, 2.24) is 5.43 Å². The first-order valence-electron chi connectivity index (χ1n) is 8.99. The predicted molar refractivity (Wildman–Crippen MR) is 114 cm³/mol. The van der Waals surface area contributed by atoms with Crippen LogP contribution in [0, 0.1) is 17.0 Å². The Kier molecular flexibility index (Phi) is 6.29. The molecule has 0 unspecified atom stereocenters. The average molecular weight is 402 g/mol. The second-order valence-electron chi connectivity index (χ2n) is 6.40. The first-order chi connectivity index (χ1) is 14.4. The number of amides is 2. The van der Waals surface area contributed by atoms with E-state index >= 15 is 0 Å². The van der Waals surface area contributed by atoms with Crippen LogP contribution in [0.3, 0.4) is 0 Å². The number of carbonyl (C=O) groups excluding carboxylic acids is 2. The van der Waals surface area contributed by atoms with Crippen LogP contribution < -0.4 is 10.7 Å². The lowest BCUT2D eigenvalue weighted by molar-refractivity contribution is -0.384. The van der Waals surface area contributed by atoms with E-state index in [1.165, 1.54) is 24.4 Å². The molecular weight excluding hydrogens is 384 g/mol. The van der Waals surface area contributed by atoms with Crippen LogP contribution >= 0.6 is 0 Å². The van der Waals surface area contributed by atoms with Gasteiger partial charge in [-0.2, -0.15) is 5.10 Å². The van der Waals surface area contributed by atoms with E-state index in [-0.39, 0.29) is 11.6 Å². The van der Waals surface area contributed by atoms with Gasteiger partial charge in [0.1, 0.15) is 0 Å². The highest BCUT2D eigenvalue weighted by molar-refractivity contribution is 6.05. The molecule has 0 aliphatic rings. The first-order valence-corrected chi connectivity index (χ1v) is 8.99. The van der Waals surface area contributed by atoms with E-state index in [4.69, 9.17) is 0 Å². The van der Waals surface area contributed by atoms with E-state index in [9.17, 15) is 19.7 Å². The molecule has 0 saturated heterocycles. The van der Waals surface area contributed by atoms with Crippen molar-refractivity contribution in [2.24, 2.45) is 5.10 Å². The zero-order valence-corrected chi connectivity index (χ0v) is 16.0. The summed E-state index contributed by atoms with van der Waals surface area (Å²) in [6.07, 6.45) is 1.32. The van der Waals surface area contributed by atoms with Gasteiger partial charge >= 0.3 is 0 Å². The molecule has 8 heteroatoms. The van der Waals surface area contributed by atoms with Gasteiger partial charge in [-0.15, -0.1) is 0 Å². The number of hydrazone groups is 1. The van der Waals surface area contributed by atoms with E-state index in [2.05, 4.69) is 15.8 Å². The van der Waals surface area contributed by atoms with Crippen LogP contribution in [0.15, 0.2) is 77.9 Å². The SMILES string of the molecule is Cc1ccccc1C(=O)Nc1ccc(C(=O)NN=Cc2cccc([N+](=O)[O-])c2)cc1. The van der Waals surface area contributed by atoms with E-state index in [1.807, 2.05) is 19.1 Å². The van der Waals surface area contributed by atoms with Crippen molar-refractivity contribution in [2.75, 3.05) is 5.32 Å². The molecule has 0 radical (unpaired) electrons. The number of rotatable bonds is 6. The summed E-state index contributed by atoms with van der Waals surface area (Å²) < 4.78 is 0. The maximum Gasteiger partial charge on any atom is 0.271 e. The van der Waals surface area contributed by atoms with Crippen molar-refractivity contribution in [3.8, 4) is 0 Å². The zero-order valence-electron chi connectivity index (χ0n) is 16.0. The van der Waals surface area contributed by atoms with Gasteiger partial charge in [-0.3, -0.25) is 19.7 Å². The van der Waals surface area contributed by atoms with Crippen molar-refractivity contribution in [1.29, 1.82) is 0 Å². The molecule has 30 heavy (non-hydrogen) atoms. The van der Waals surface area contributed by atoms with Crippen molar-refractivity contribution >= 4 is 29.4 Å². The highest BCUT2D eigenvalue weighted by Crippen LogP contribution is 2.14. The molecule has 0 atom stereocenters. The molecular formula is C22H18N4O4. The van der Waals surface area contributed by atoms with Crippen LogP contribution in [0.4, 0.5) is 11.4 Å². The summed E-state index contributed by atoms with van der Waals surface area (Å²) in [7, 11) is 0. The first kappa shape index (κ1) is 20.4. The number of nitrogens with zero attached hydrogens (tertiary/aromatic N) is 2. The quantitative estimate of drug-likeness (QED) is 0.369. The number of nitro benzene ring substituents is 1. The summed E-state index contributed by atoms with van der Waals surface area (Å²) in [5, 5.41) is 17.4. The van der Waals surface area contributed by atoms with Gasteiger partial charge in [0.2, 0.25) is 0 Å². The number of anilines is 1. The third-order valence-corrected chi connectivity index (χ3v) is 4.26. The zero-order chi connectivity index (χ0) is 21.5. The molecule has 8 nitrogen and oxygen atoms in total. The Balaban J connectivity index is 1.60. The second-order valence-corrected chi connectivity index (χ2v) is 6.40. The minimum absolute atomic E-state index is 0.0615. The number of benzene rings is 3. The summed E-state index contributed by atoms with van der Waals surface area (Å²) >= 11 is 0. The number of hydrogen-bond donors (Lipinski definition) is 2. The van der Waals surface area contributed by atoms with Crippen molar-refractivity contribution in [3.63, 3.8) is 0 Å². The van der Waals surface area contributed by atoms with E-state index in [1.54, 1.807) is 42.5 Å². The molecule has 0 spiro atoms. The summed E-state index contributed by atoms with van der Waals surface area (Å²) in [5.74, 6) is -0.680. The topological polar surface area (TPSA) is 114 Å². The molecule has 150 valence electrons. The molecule has 0 bridgehead atoms. The monoisotopic (exact) mass is 402 g/mol. The summed E-state index contributed by atoms with van der Waals surface area (Å²) in [6.45, 7) is 1.86. The predicted octanol–water partition coefficient (Wildman–Crippen LogP) is 3.92. The van der Waals surface area contributed by atoms with E-state index in [0.717, 1.165) is 5.56 Å². The number of nitrogens with one attached hydrogen (secondary N) is 2. The third-order valence-electron chi connectivity index (χ3n) is 4.26. The molecule has 0 heterocycles. The number of aryl methyl sites for hydroxylation is 1. The van der Waals surface area contributed by atoms with Gasteiger partial charge in [0, 0.05) is 34.5 Å². The lowest BCUT2D eigenvalue weighted by Gasteiger charge is -2.08. The molecule has 0 aliphatic carbocycles. The Morgan fingerprint density at radius 3 is 2.40 bits per heavy atom. The molecule has 3 rings (SSSR count). The second kappa shape index (κ2) is 9.24. The fourth-order valence-electron chi connectivity index (χ4n) is 2.68. The van der Waals surface area contributed by atoms with Crippen LogP contribution in [-0.2, 0) is 0 Å². The van der Waals surface area contributed by atoms with Crippen LogP contribution in [0.1, 0.15) is 31.8 Å². The molecule has 3 aromatic rings. The summed E-state index contributed by atoms with van der Waals surface area (Å²) in [5.41, 5.74) is 5.14. The molecule has 0 aliphatic heterocycles. The third kappa shape index (κ3) is 5.14. The van der Waals surface area contributed by atoms with Gasteiger partial charge < -0.3 is 5.32 Å². The van der Waals surface area contributed by atoms with Gasteiger partial charge in [-0.05, 0) is 42.8 Å². The van der Waals surface area contributed by atoms with Crippen LogP contribution in [0.2, 0.25) is 0 Å². The standard InChI is InChI=1S/C22H18N4O4/c1-15-5-2-3-8-20(15)22(28)24-18-11-9-17(10-12-18)21(27)25-23-14-16-6-4-7-19(13-16)26(29)30/h2-14H,1H3,(H,24,28)(H,25,27). The number of hydrogen-bond acceptors (Lipinski definition) is 5. The molecule has 0 saturated carbocycles. The minimum atomic E-state index is -0.505. The molecule has 3 aromatic carbocycles.